The molecule has 28 heavy (non-hydrogen) atoms. The second-order valence-electron chi connectivity index (χ2n) is 6.15. The Morgan fingerprint density at radius 3 is 2.36 bits per heavy atom. The highest BCUT2D eigenvalue weighted by Gasteiger charge is 2.32. The first-order valence-electron chi connectivity index (χ1n) is 7.94. The maximum atomic E-state index is 14.0. The predicted octanol–water partition coefficient (Wildman–Crippen LogP) is 4.53. The number of sulfonamides is 1. The van der Waals surface area contributed by atoms with Gasteiger partial charge in [-0.2, -0.15) is 13.2 Å². The van der Waals surface area contributed by atoms with Gasteiger partial charge in [-0.15, -0.1) is 0 Å². The average Bonchev–Trinajstić information content (AvgIpc) is 2.60. The Morgan fingerprint density at radius 2 is 1.71 bits per heavy atom. The Kier molecular flexibility index (Phi) is 4.99. The fraction of sp³-hybridized carbons (Fsp3) is 0.105. The Hall–Kier alpha value is -2.78. The van der Waals surface area contributed by atoms with Crippen molar-refractivity contribution in [2.75, 3.05) is 0 Å². The molecule has 0 bridgehead atoms. The third-order valence-electron chi connectivity index (χ3n) is 4.13. The molecular formula is C19H14F4N2O2S. The van der Waals surface area contributed by atoms with E-state index in [0.29, 0.717) is 5.56 Å². The second-order valence-corrected chi connectivity index (χ2v) is 7.71. The molecule has 0 amide bonds. The molecule has 1 heterocycles. The summed E-state index contributed by atoms with van der Waals surface area (Å²) >= 11 is 0. The summed E-state index contributed by atoms with van der Waals surface area (Å²) in [5, 5.41) is 5.07. The summed E-state index contributed by atoms with van der Waals surface area (Å²) in [5.74, 6) is -0.863. The monoisotopic (exact) mass is 410 g/mol. The van der Waals surface area contributed by atoms with Crippen molar-refractivity contribution in [2.45, 2.75) is 18.0 Å². The van der Waals surface area contributed by atoms with Crippen molar-refractivity contribution in [3.63, 3.8) is 0 Å². The van der Waals surface area contributed by atoms with Gasteiger partial charge in [0.25, 0.3) is 0 Å². The molecule has 4 nitrogen and oxygen atoms in total. The van der Waals surface area contributed by atoms with Crippen LogP contribution >= 0.6 is 0 Å². The van der Waals surface area contributed by atoms with Gasteiger partial charge < -0.3 is 0 Å². The van der Waals surface area contributed by atoms with Gasteiger partial charge in [-0.25, -0.2) is 17.9 Å². The van der Waals surface area contributed by atoms with Crippen LogP contribution in [0.2, 0.25) is 0 Å². The van der Waals surface area contributed by atoms with Crippen LogP contribution in [-0.2, 0) is 16.2 Å². The number of nitrogens with two attached hydrogens (primary N) is 1. The second kappa shape index (κ2) is 6.99. The molecule has 0 aliphatic heterocycles. The predicted molar refractivity (Wildman–Crippen MR) is 96.2 cm³/mol. The fourth-order valence-electron chi connectivity index (χ4n) is 2.83. The van der Waals surface area contributed by atoms with E-state index in [1.165, 1.54) is 37.4 Å². The SMILES string of the molecule is Cc1ccc(-c2cccnc2-c2cc(F)cc(S(N)(=O)=O)c2)cc1C(F)(F)F. The summed E-state index contributed by atoms with van der Waals surface area (Å²) in [6.07, 6.45) is -3.17. The number of aromatic nitrogens is 1. The van der Waals surface area contributed by atoms with Crippen molar-refractivity contribution in [1.82, 2.24) is 4.98 Å². The van der Waals surface area contributed by atoms with E-state index in [9.17, 15) is 26.0 Å². The summed E-state index contributed by atoms with van der Waals surface area (Å²) in [4.78, 5) is 3.66. The number of halogens is 4. The van der Waals surface area contributed by atoms with Gasteiger partial charge in [0.2, 0.25) is 10.0 Å². The molecule has 0 saturated heterocycles. The minimum absolute atomic E-state index is 0.0592. The Balaban J connectivity index is 2.24. The third-order valence-corrected chi connectivity index (χ3v) is 5.03. The summed E-state index contributed by atoms with van der Waals surface area (Å²) < 4.78 is 76.9. The highest BCUT2D eigenvalue weighted by molar-refractivity contribution is 7.89. The highest BCUT2D eigenvalue weighted by Crippen LogP contribution is 2.37. The lowest BCUT2D eigenvalue weighted by Gasteiger charge is -2.14. The summed E-state index contributed by atoms with van der Waals surface area (Å²) in [7, 11) is -4.18. The molecule has 0 spiro atoms. The van der Waals surface area contributed by atoms with Crippen LogP contribution < -0.4 is 5.14 Å². The lowest BCUT2D eigenvalue weighted by atomic mass is 9.96. The summed E-state index contributed by atoms with van der Waals surface area (Å²) in [6.45, 7) is 1.35. The largest absolute Gasteiger partial charge is 0.416 e. The highest BCUT2D eigenvalue weighted by atomic mass is 32.2. The van der Waals surface area contributed by atoms with E-state index in [1.54, 1.807) is 0 Å². The molecule has 0 saturated carbocycles. The van der Waals surface area contributed by atoms with E-state index in [4.69, 9.17) is 5.14 Å². The smallest absolute Gasteiger partial charge is 0.256 e. The molecule has 0 atom stereocenters. The minimum Gasteiger partial charge on any atom is -0.256 e. The molecule has 2 aromatic carbocycles. The van der Waals surface area contributed by atoms with Crippen molar-refractivity contribution in [3.8, 4) is 22.4 Å². The lowest BCUT2D eigenvalue weighted by molar-refractivity contribution is -0.138. The summed E-state index contributed by atoms with van der Waals surface area (Å²) in [6, 6.07) is 9.77. The van der Waals surface area contributed by atoms with Crippen LogP contribution in [0.15, 0.2) is 59.6 Å². The quantitative estimate of drug-likeness (QED) is 0.645. The molecule has 0 fully saturated rings. The normalized spacial score (nSPS) is 12.2. The lowest BCUT2D eigenvalue weighted by Crippen LogP contribution is -2.12. The van der Waals surface area contributed by atoms with Crippen LogP contribution in [0.5, 0.6) is 0 Å². The maximum absolute atomic E-state index is 14.0. The number of benzene rings is 2. The molecule has 1 aromatic heterocycles. The van der Waals surface area contributed by atoms with Gasteiger partial charge in [-0.05, 0) is 48.4 Å². The number of aryl methyl sites for hydroxylation is 1. The molecule has 3 rings (SSSR count). The zero-order valence-corrected chi connectivity index (χ0v) is 15.3. The molecule has 3 aromatic rings. The van der Waals surface area contributed by atoms with E-state index in [0.717, 1.165) is 24.3 Å². The van der Waals surface area contributed by atoms with Gasteiger partial charge in [0.05, 0.1) is 16.2 Å². The van der Waals surface area contributed by atoms with E-state index in [2.05, 4.69) is 4.98 Å². The maximum Gasteiger partial charge on any atom is 0.416 e. The van der Waals surface area contributed by atoms with Crippen LogP contribution in [0.1, 0.15) is 11.1 Å². The Bertz CT molecular complexity index is 1160. The molecule has 9 heteroatoms. The number of nitrogens with zero attached hydrogens (tertiary/aromatic N) is 1. The Morgan fingerprint density at radius 1 is 1.00 bits per heavy atom. The van der Waals surface area contributed by atoms with Gasteiger partial charge in [0, 0.05) is 17.3 Å². The van der Waals surface area contributed by atoms with Crippen LogP contribution in [0.4, 0.5) is 17.6 Å². The van der Waals surface area contributed by atoms with Crippen LogP contribution in [-0.4, -0.2) is 13.4 Å². The van der Waals surface area contributed by atoms with E-state index in [-0.39, 0.29) is 22.4 Å². The van der Waals surface area contributed by atoms with E-state index >= 15 is 0 Å². The number of hydrogen-bond acceptors (Lipinski definition) is 3. The average molecular weight is 410 g/mol. The summed E-state index contributed by atoms with van der Waals surface area (Å²) in [5.41, 5.74) is -0.0349. The zero-order chi connectivity index (χ0) is 20.7. The fourth-order valence-corrected chi connectivity index (χ4v) is 3.40. The number of primary sulfonamides is 1. The van der Waals surface area contributed by atoms with Crippen molar-refractivity contribution in [3.05, 3.63) is 71.7 Å². The molecule has 0 aliphatic rings. The van der Waals surface area contributed by atoms with Crippen molar-refractivity contribution in [1.29, 1.82) is 0 Å². The van der Waals surface area contributed by atoms with Crippen LogP contribution in [0.25, 0.3) is 22.4 Å². The standard InChI is InChI=1S/C19H14F4N2O2S/c1-11-4-5-12(9-17(11)19(21,22)23)16-3-2-6-25-18(16)13-7-14(20)10-15(8-13)28(24,26)27/h2-10H,1H3,(H2,24,26,27). The van der Waals surface area contributed by atoms with E-state index in [1.807, 2.05) is 0 Å². The van der Waals surface area contributed by atoms with Gasteiger partial charge in [-0.1, -0.05) is 18.2 Å². The first-order valence-corrected chi connectivity index (χ1v) is 9.48. The number of hydrogen-bond donors (Lipinski definition) is 1. The van der Waals surface area contributed by atoms with Crippen LogP contribution in [0, 0.1) is 12.7 Å². The van der Waals surface area contributed by atoms with Crippen LogP contribution in [0.3, 0.4) is 0 Å². The topological polar surface area (TPSA) is 73.0 Å². The molecular weight excluding hydrogens is 396 g/mol. The van der Waals surface area contributed by atoms with Crippen molar-refractivity contribution in [2.24, 2.45) is 5.14 Å². The molecule has 0 radical (unpaired) electrons. The molecule has 146 valence electrons. The van der Waals surface area contributed by atoms with Crippen molar-refractivity contribution < 1.29 is 26.0 Å². The van der Waals surface area contributed by atoms with Gasteiger partial charge in [0.1, 0.15) is 5.82 Å². The minimum atomic E-state index is -4.54. The van der Waals surface area contributed by atoms with Gasteiger partial charge in [-0.3, -0.25) is 4.98 Å². The third kappa shape index (κ3) is 4.05. The zero-order valence-electron chi connectivity index (χ0n) is 14.5. The Labute approximate surface area is 158 Å². The molecule has 0 unspecified atom stereocenters. The first-order chi connectivity index (χ1) is 13.0. The van der Waals surface area contributed by atoms with E-state index < -0.39 is 32.5 Å². The van der Waals surface area contributed by atoms with Gasteiger partial charge in [0.15, 0.2) is 0 Å². The van der Waals surface area contributed by atoms with Gasteiger partial charge >= 0.3 is 6.18 Å². The number of pyridine rings is 1. The molecule has 0 aliphatic carbocycles. The molecule has 2 N–H and O–H groups in total. The first kappa shape index (κ1) is 20.0. The number of alkyl halides is 3. The number of rotatable bonds is 3. The van der Waals surface area contributed by atoms with Crippen molar-refractivity contribution >= 4 is 10.0 Å².